The lowest BCUT2D eigenvalue weighted by Crippen LogP contribution is -2.31. The number of halogens is 1. The number of hydrogen-bond donors (Lipinski definition) is 2. The molecule has 0 unspecified atom stereocenters. The van der Waals surface area contributed by atoms with Crippen LogP contribution in [0.2, 0.25) is 0 Å². The molecule has 0 radical (unpaired) electrons. The molecule has 2 rings (SSSR count). The van der Waals surface area contributed by atoms with Crippen LogP contribution in [0, 0.1) is 5.82 Å². The molecular weight excluding hydrogens is 271 g/mol. The minimum atomic E-state index is -0.257. The van der Waals surface area contributed by atoms with Gasteiger partial charge < -0.3 is 10.6 Å². The summed E-state index contributed by atoms with van der Waals surface area (Å²) in [5.74, 6) is 0.108. The van der Waals surface area contributed by atoms with E-state index in [9.17, 15) is 4.39 Å². The third kappa shape index (κ3) is 4.31. The van der Waals surface area contributed by atoms with Crippen LogP contribution in [0.15, 0.2) is 54.6 Å². The second-order valence-corrected chi connectivity index (χ2v) is 5.06. The average molecular weight is 288 g/mol. The summed E-state index contributed by atoms with van der Waals surface area (Å²) < 4.78 is 12.8. The number of nitrogens with one attached hydrogen (secondary N) is 2. The van der Waals surface area contributed by atoms with Crippen molar-refractivity contribution in [1.29, 1.82) is 0 Å². The second-order valence-electron chi connectivity index (χ2n) is 4.65. The minimum Gasteiger partial charge on any atom is -0.362 e. The molecule has 104 valence electrons. The van der Waals surface area contributed by atoms with Gasteiger partial charge in [0.15, 0.2) is 5.11 Å². The van der Waals surface area contributed by atoms with E-state index in [0.29, 0.717) is 11.0 Å². The van der Waals surface area contributed by atoms with E-state index in [1.807, 2.05) is 18.2 Å². The van der Waals surface area contributed by atoms with Crippen molar-refractivity contribution in [2.75, 3.05) is 11.9 Å². The van der Waals surface area contributed by atoms with Gasteiger partial charge in [0.2, 0.25) is 0 Å². The predicted molar refractivity (Wildman–Crippen MR) is 85.5 cm³/mol. The predicted octanol–water partition coefficient (Wildman–Crippen LogP) is 3.92. The molecule has 4 heteroatoms. The molecule has 0 aliphatic carbocycles. The molecule has 1 atom stereocenters. The van der Waals surface area contributed by atoms with Gasteiger partial charge in [-0.1, -0.05) is 37.3 Å². The zero-order valence-electron chi connectivity index (χ0n) is 11.3. The Morgan fingerprint density at radius 2 is 1.75 bits per heavy atom. The highest BCUT2D eigenvalue weighted by Gasteiger charge is 2.05. The molecule has 0 amide bonds. The van der Waals surface area contributed by atoms with Crippen molar-refractivity contribution in [2.24, 2.45) is 0 Å². The van der Waals surface area contributed by atoms with Crippen LogP contribution in [0.3, 0.4) is 0 Å². The maximum Gasteiger partial charge on any atom is 0.170 e. The van der Waals surface area contributed by atoms with E-state index < -0.39 is 0 Å². The van der Waals surface area contributed by atoms with Crippen LogP contribution >= 0.6 is 12.2 Å². The third-order valence-corrected chi connectivity index (χ3v) is 3.29. The van der Waals surface area contributed by atoms with Gasteiger partial charge in [-0.2, -0.15) is 0 Å². The molecule has 2 aromatic carbocycles. The summed E-state index contributed by atoms with van der Waals surface area (Å²) in [4.78, 5) is 0. The molecule has 0 heterocycles. The van der Waals surface area contributed by atoms with Crippen molar-refractivity contribution in [1.82, 2.24) is 5.32 Å². The Morgan fingerprint density at radius 3 is 2.40 bits per heavy atom. The zero-order valence-corrected chi connectivity index (χ0v) is 12.1. The molecule has 2 aromatic rings. The van der Waals surface area contributed by atoms with Crippen LogP contribution in [0.25, 0.3) is 0 Å². The third-order valence-electron chi connectivity index (χ3n) is 3.04. The largest absolute Gasteiger partial charge is 0.362 e. The standard InChI is InChI=1S/C16H17FN2S/c1-12(13-5-3-2-4-6-13)11-18-16(20)19-15-9-7-14(17)8-10-15/h2-10,12H,11H2,1H3,(H2,18,19,20)/t12-/m0/s1. The van der Waals surface area contributed by atoms with Gasteiger partial charge in [-0.3, -0.25) is 0 Å². The van der Waals surface area contributed by atoms with Gasteiger partial charge in [0.25, 0.3) is 0 Å². The summed E-state index contributed by atoms with van der Waals surface area (Å²) in [5.41, 5.74) is 2.04. The summed E-state index contributed by atoms with van der Waals surface area (Å²) in [6.07, 6.45) is 0. The van der Waals surface area contributed by atoms with Gasteiger partial charge in [0.05, 0.1) is 0 Å². The molecule has 0 aliphatic rings. The average Bonchev–Trinajstić information content (AvgIpc) is 2.48. The van der Waals surface area contributed by atoms with E-state index in [4.69, 9.17) is 12.2 Å². The van der Waals surface area contributed by atoms with Crippen molar-refractivity contribution < 1.29 is 4.39 Å². The lowest BCUT2D eigenvalue weighted by atomic mass is 10.0. The normalized spacial score (nSPS) is 11.7. The van der Waals surface area contributed by atoms with E-state index in [1.54, 1.807) is 12.1 Å². The summed E-state index contributed by atoms with van der Waals surface area (Å²) in [6.45, 7) is 2.89. The fourth-order valence-corrected chi connectivity index (χ4v) is 2.05. The van der Waals surface area contributed by atoms with Crippen LogP contribution in [0.5, 0.6) is 0 Å². The summed E-state index contributed by atoms with van der Waals surface area (Å²) >= 11 is 5.22. The minimum absolute atomic E-state index is 0.257. The number of thiocarbonyl (C=S) groups is 1. The van der Waals surface area contributed by atoms with Crippen LogP contribution in [0.4, 0.5) is 10.1 Å². The fraction of sp³-hybridized carbons (Fsp3) is 0.188. The lowest BCUT2D eigenvalue weighted by Gasteiger charge is -2.15. The Hall–Kier alpha value is -1.94. The Kier molecular flexibility index (Phi) is 5.07. The summed E-state index contributed by atoms with van der Waals surface area (Å²) in [5, 5.41) is 6.74. The van der Waals surface area contributed by atoms with Crippen LogP contribution in [-0.2, 0) is 0 Å². The molecular formula is C16H17FN2S. The zero-order chi connectivity index (χ0) is 14.4. The Labute approximate surface area is 124 Å². The quantitative estimate of drug-likeness (QED) is 0.834. The Balaban J connectivity index is 1.82. The first kappa shape index (κ1) is 14.5. The molecule has 2 N–H and O–H groups in total. The van der Waals surface area contributed by atoms with E-state index in [1.165, 1.54) is 17.7 Å². The SMILES string of the molecule is C[C@@H](CNC(=S)Nc1ccc(F)cc1)c1ccccc1. The second kappa shape index (κ2) is 7.01. The topological polar surface area (TPSA) is 24.1 Å². The Bertz CT molecular complexity index is 554. The summed E-state index contributed by atoms with van der Waals surface area (Å²) in [7, 11) is 0. The monoisotopic (exact) mass is 288 g/mol. The lowest BCUT2D eigenvalue weighted by molar-refractivity contribution is 0.628. The highest BCUT2D eigenvalue weighted by Crippen LogP contribution is 2.13. The molecule has 0 spiro atoms. The van der Waals surface area contributed by atoms with Gasteiger partial charge in [-0.15, -0.1) is 0 Å². The van der Waals surface area contributed by atoms with Crippen LogP contribution < -0.4 is 10.6 Å². The number of anilines is 1. The number of benzene rings is 2. The smallest absolute Gasteiger partial charge is 0.170 e. The molecule has 0 fully saturated rings. The van der Waals surface area contributed by atoms with Crippen molar-refractivity contribution in [2.45, 2.75) is 12.8 Å². The van der Waals surface area contributed by atoms with Crippen molar-refractivity contribution >= 4 is 23.0 Å². The van der Waals surface area contributed by atoms with E-state index in [-0.39, 0.29) is 5.82 Å². The molecule has 20 heavy (non-hydrogen) atoms. The maximum absolute atomic E-state index is 12.8. The molecule has 2 nitrogen and oxygen atoms in total. The van der Waals surface area contributed by atoms with Crippen molar-refractivity contribution in [3.05, 3.63) is 66.0 Å². The first-order valence-electron chi connectivity index (χ1n) is 6.50. The van der Waals surface area contributed by atoms with E-state index >= 15 is 0 Å². The van der Waals surface area contributed by atoms with E-state index in [0.717, 1.165) is 12.2 Å². The van der Waals surface area contributed by atoms with Crippen molar-refractivity contribution in [3.8, 4) is 0 Å². The van der Waals surface area contributed by atoms with Gasteiger partial charge in [0.1, 0.15) is 5.82 Å². The Morgan fingerprint density at radius 1 is 1.10 bits per heavy atom. The van der Waals surface area contributed by atoms with Crippen LogP contribution in [-0.4, -0.2) is 11.7 Å². The van der Waals surface area contributed by atoms with Crippen LogP contribution in [0.1, 0.15) is 18.4 Å². The number of hydrogen-bond acceptors (Lipinski definition) is 1. The molecule has 0 saturated heterocycles. The van der Waals surface area contributed by atoms with Gasteiger partial charge >= 0.3 is 0 Å². The molecule has 0 aromatic heterocycles. The van der Waals surface area contributed by atoms with Gasteiger partial charge in [-0.05, 0) is 48.0 Å². The maximum atomic E-state index is 12.8. The highest BCUT2D eigenvalue weighted by atomic mass is 32.1. The van der Waals surface area contributed by atoms with Gasteiger partial charge in [-0.25, -0.2) is 4.39 Å². The molecule has 0 saturated carbocycles. The first-order valence-corrected chi connectivity index (χ1v) is 6.91. The summed E-state index contributed by atoms with van der Waals surface area (Å²) in [6, 6.07) is 16.4. The molecule has 0 aliphatic heterocycles. The van der Waals surface area contributed by atoms with E-state index in [2.05, 4.69) is 29.7 Å². The highest BCUT2D eigenvalue weighted by molar-refractivity contribution is 7.80. The van der Waals surface area contributed by atoms with Crippen molar-refractivity contribution in [3.63, 3.8) is 0 Å². The fourth-order valence-electron chi connectivity index (χ4n) is 1.85. The first-order chi connectivity index (χ1) is 9.65. The molecule has 0 bridgehead atoms. The van der Waals surface area contributed by atoms with Gasteiger partial charge in [0, 0.05) is 12.2 Å². The number of rotatable bonds is 4.